The van der Waals surface area contributed by atoms with Crippen LogP contribution in [-0.2, 0) is 0 Å². The van der Waals surface area contributed by atoms with Gasteiger partial charge in [-0.15, -0.1) is 0 Å². The van der Waals surface area contributed by atoms with E-state index in [2.05, 4.69) is 374 Å². The fourth-order valence-corrected chi connectivity index (χ4v) is 9.82. The van der Waals surface area contributed by atoms with Crippen molar-refractivity contribution in [2.45, 2.75) is 249 Å². The zero-order valence-corrected chi connectivity index (χ0v) is 75.7. The minimum Gasteiger partial charge on any atom is -0.0683 e. The Morgan fingerprint density at radius 2 is 0.269 bits per heavy atom. The molecule has 0 aliphatic heterocycles. The maximum Gasteiger partial charge on any atom is -0.0152 e. The summed E-state index contributed by atoms with van der Waals surface area (Å²) in [5.41, 5.74) is 31.5. The summed E-state index contributed by atoms with van der Waals surface area (Å²) in [5.74, 6) is 0. The van der Waals surface area contributed by atoms with Crippen LogP contribution in [0.2, 0.25) is 0 Å². The molecule has 0 radical (unpaired) electrons. The second kappa shape index (κ2) is 74.5. The smallest absolute Gasteiger partial charge is 0.0152 e. The number of aryl methyl sites for hydroxylation is 12. The van der Waals surface area contributed by atoms with Gasteiger partial charge in [-0.25, -0.2) is 0 Å². The molecule has 0 fully saturated rings. The standard InChI is InChI=1S/6C14H14.12C2H6/c1-11-3-7-13(8-4-11)14-9-5-12(2)6-10-14;2*1-11-5-3-7-13(9-11)14-8-4-6-12(2)10-14;1-11-7-3-5-9-13(11)14-10-6-4-8-12(14)2;1-11-6-5-8-13(10-11)14-9-4-3-7-12(14)2;1-11-6-8-13(9-7-11)14-5-3-4-12(2)10-14;12*1-2/h6*3-10H,1-2H3;12*1-2H3. The SMILES string of the molecule is CC.CC.CC.CC.CC.CC.CC.CC.CC.CC.CC.CC.Cc1ccc(-c2ccc(C)cc2)cc1.Cc1ccc(-c2cccc(C)c2)cc1.Cc1cccc(-c2cccc(C)c2)c1.Cc1cccc(-c2cccc(C)c2)c1.Cc1cccc(-c2ccccc2C)c1.Cc1ccccc1-c1ccccc1C. The van der Waals surface area contributed by atoms with Crippen LogP contribution in [-0.4, -0.2) is 0 Å². The summed E-state index contributed by atoms with van der Waals surface area (Å²) in [5, 5.41) is 0. The summed E-state index contributed by atoms with van der Waals surface area (Å²) in [4.78, 5) is 0. The molecule has 0 bridgehead atoms. The van der Waals surface area contributed by atoms with Gasteiger partial charge < -0.3 is 0 Å². The third-order valence-electron chi connectivity index (χ3n) is 14.6. The molecule has 0 atom stereocenters. The fraction of sp³-hybridized carbons (Fsp3) is 0.333. The van der Waals surface area contributed by atoms with E-state index in [9.17, 15) is 0 Å². The van der Waals surface area contributed by atoms with Crippen LogP contribution in [0.1, 0.15) is 233 Å². The lowest BCUT2D eigenvalue weighted by molar-refractivity contribution is 1.41. The lowest BCUT2D eigenvalue weighted by Crippen LogP contribution is -1.85. The van der Waals surface area contributed by atoms with Gasteiger partial charge in [0.25, 0.3) is 0 Å². The van der Waals surface area contributed by atoms with Crippen LogP contribution in [0.4, 0.5) is 0 Å². The molecule has 12 aromatic rings. The molecule has 0 heteroatoms. The first-order valence-electron chi connectivity index (χ1n) is 41.4. The molecule has 0 aromatic heterocycles. The zero-order chi connectivity index (χ0) is 83.8. The molecule has 0 spiro atoms. The van der Waals surface area contributed by atoms with Crippen molar-refractivity contribution in [2.24, 2.45) is 0 Å². The average Bonchev–Trinajstić information content (AvgIpc) is 0.848. The Morgan fingerprint density at radius 3 is 0.463 bits per heavy atom. The topological polar surface area (TPSA) is 0 Å². The predicted octanol–water partition coefficient (Wildman–Crippen LogP) is 36.1. The van der Waals surface area contributed by atoms with E-state index in [1.165, 1.54) is 134 Å². The minimum atomic E-state index is 1.29. The molecule has 0 aliphatic carbocycles. The van der Waals surface area contributed by atoms with Gasteiger partial charge in [0.1, 0.15) is 0 Å². The van der Waals surface area contributed by atoms with Crippen molar-refractivity contribution in [1.29, 1.82) is 0 Å². The molecule has 0 nitrogen and oxygen atoms in total. The van der Waals surface area contributed by atoms with Crippen LogP contribution in [0, 0.1) is 83.1 Å². The fourth-order valence-electron chi connectivity index (χ4n) is 9.82. The highest BCUT2D eigenvalue weighted by Gasteiger charge is 2.04. The highest BCUT2D eigenvalue weighted by Crippen LogP contribution is 2.28. The van der Waals surface area contributed by atoms with Crippen molar-refractivity contribution in [3.8, 4) is 66.8 Å². The van der Waals surface area contributed by atoms with Crippen LogP contribution in [0.3, 0.4) is 0 Å². The van der Waals surface area contributed by atoms with E-state index < -0.39 is 0 Å². The van der Waals surface area contributed by atoms with Crippen LogP contribution < -0.4 is 0 Å². The normalized spacial score (nSPS) is 8.56. The first kappa shape index (κ1) is 110. The van der Waals surface area contributed by atoms with Crippen LogP contribution in [0.25, 0.3) is 66.8 Å². The van der Waals surface area contributed by atoms with E-state index >= 15 is 0 Å². The molecule has 0 heterocycles. The van der Waals surface area contributed by atoms with E-state index in [0.29, 0.717) is 0 Å². The van der Waals surface area contributed by atoms with E-state index in [4.69, 9.17) is 0 Å². The van der Waals surface area contributed by atoms with Crippen LogP contribution in [0.15, 0.2) is 291 Å². The molecule has 0 N–H and O–H groups in total. The van der Waals surface area contributed by atoms with Gasteiger partial charge in [0.05, 0.1) is 0 Å². The predicted molar refractivity (Wildman–Crippen MR) is 504 cm³/mol. The Kier molecular flexibility index (Phi) is 75.6. The summed E-state index contributed by atoms with van der Waals surface area (Å²) < 4.78 is 0. The van der Waals surface area contributed by atoms with E-state index in [0.717, 1.165) is 0 Å². The third kappa shape index (κ3) is 46.7. The Hall–Kier alpha value is -9.36. The molecule has 0 amide bonds. The summed E-state index contributed by atoms with van der Waals surface area (Å²) >= 11 is 0. The highest BCUT2D eigenvalue weighted by molar-refractivity contribution is 5.71. The largest absolute Gasteiger partial charge is 0.0683 e. The Balaban J connectivity index is -0.000000273. The van der Waals surface area contributed by atoms with Gasteiger partial charge in [0.15, 0.2) is 0 Å². The van der Waals surface area contributed by atoms with Crippen molar-refractivity contribution in [2.75, 3.05) is 0 Å². The van der Waals surface area contributed by atoms with Gasteiger partial charge in [-0.1, -0.05) is 507 Å². The monoisotopic (exact) mass is 1450 g/mol. The molecule has 0 aliphatic rings. The molecule has 588 valence electrons. The van der Waals surface area contributed by atoms with Crippen molar-refractivity contribution in [3.63, 3.8) is 0 Å². The maximum atomic E-state index is 2.22. The van der Waals surface area contributed by atoms with E-state index in [-0.39, 0.29) is 0 Å². The second-order valence-electron chi connectivity index (χ2n) is 22.3. The van der Waals surface area contributed by atoms with Crippen LogP contribution in [0.5, 0.6) is 0 Å². The van der Waals surface area contributed by atoms with Crippen molar-refractivity contribution >= 4 is 0 Å². The summed E-state index contributed by atoms with van der Waals surface area (Å²) in [6.45, 7) is 73.5. The van der Waals surface area contributed by atoms with Gasteiger partial charge in [-0.2, -0.15) is 0 Å². The Morgan fingerprint density at radius 1 is 0.111 bits per heavy atom. The molecule has 12 aromatic carbocycles. The first-order valence-corrected chi connectivity index (χ1v) is 41.4. The highest BCUT2D eigenvalue weighted by atomic mass is 14.1. The second-order valence-corrected chi connectivity index (χ2v) is 22.3. The van der Waals surface area contributed by atoms with Gasteiger partial charge >= 0.3 is 0 Å². The molecule has 108 heavy (non-hydrogen) atoms. The minimum absolute atomic E-state index is 1.29. The van der Waals surface area contributed by atoms with Gasteiger partial charge in [-0.3, -0.25) is 0 Å². The maximum absolute atomic E-state index is 2.22. The Labute approximate surface area is 669 Å². The zero-order valence-electron chi connectivity index (χ0n) is 75.7. The lowest BCUT2D eigenvalue weighted by Gasteiger charge is -2.08. The molecule has 0 saturated carbocycles. The Bertz CT molecular complexity index is 3680. The quantitative estimate of drug-likeness (QED) is 0.156. The number of hydrogen-bond acceptors (Lipinski definition) is 0. The van der Waals surface area contributed by atoms with E-state index in [1.807, 2.05) is 166 Å². The van der Waals surface area contributed by atoms with Crippen molar-refractivity contribution in [1.82, 2.24) is 0 Å². The van der Waals surface area contributed by atoms with Crippen LogP contribution >= 0.6 is 0 Å². The first-order chi connectivity index (χ1) is 52.6. The van der Waals surface area contributed by atoms with Gasteiger partial charge in [0.2, 0.25) is 0 Å². The van der Waals surface area contributed by atoms with E-state index in [1.54, 1.807) is 0 Å². The lowest BCUT2D eigenvalue weighted by atomic mass is 9.97. The number of benzene rings is 12. The number of rotatable bonds is 6. The molecule has 0 unspecified atom stereocenters. The molecule has 0 saturated heterocycles. The molecule has 12 rings (SSSR count). The molecular formula is C108H156. The van der Waals surface area contributed by atoms with Crippen molar-refractivity contribution < 1.29 is 0 Å². The summed E-state index contributed by atoms with van der Waals surface area (Å²) in [6, 6.07) is 103. The van der Waals surface area contributed by atoms with Gasteiger partial charge in [-0.05, 0) is 167 Å². The van der Waals surface area contributed by atoms with Gasteiger partial charge in [0, 0.05) is 0 Å². The molecular weight excluding hydrogens is 1300 g/mol. The number of hydrogen-bond donors (Lipinski definition) is 0. The summed E-state index contributed by atoms with van der Waals surface area (Å²) in [7, 11) is 0. The third-order valence-corrected chi connectivity index (χ3v) is 14.6. The van der Waals surface area contributed by atoms with Crippen molar-refractivity contribution in [3.05, 3.63) is 358 Å². The summed E-state index contributed by atoms with van der Waals surface area (Å²) in [6.07, 6.45) is 0. The average molecular weight is 1450 g/mol.